The van der Waals surface area contributed by atoms with E-state index in [1.165, 1.54) is 26.4 Å². The average molecular weight is 485 g/mol. The quantitative estimate of drug-likeness (QED) is 0.471. The lowest BCUT2D eigenvalue weighted by molar-refractivity contribution is -0.120. The first kappa shape index (κ1) is 24.9. The molecule has 0 aliphatic heterocycles. The van der Waals surface area contributed by atoms with Gasteiger partial charge in [0.1, 0.15) is 23.8 Å². The van der Waals surface area contributed by atoms with Gasteiger partial charge in [0, 0.05) is 5.56 Å². The second kappa shape index (κ2) is 10.9. The van der Waals surface area contributed by atoms with Crippen LogP contribution in [0.3, 0.4) is 0 Å². The summed E-state index contributed by atoms with van der Waals surface area (Å²) in [6.07, 6.45) is 0. The highest BCUT2D eigenvalue weighted by Gasteiger charge is 2.28. The van der Waals surface area contributed by atoms with Gasteiger partial charge in [-0.2, -0.15) is 0 Å². The van der Waals surface area contributed by atoms with Crippen molar-refractivity contribution in [2.45, 2.75) is 17.9 Å². The summed E-state index contributed by atoms with van der Waals surface area (Å²) in [6, 6.07) is 19.3. The van der Waals surface area contributed by atoms with E-state index in [9.17, 15) is 13.2 Å². The van der Waals surface area contributed by atoms with Crippen molar-refractivity contribution >= 4 is 21.6 Å². The largest absolute Gasteiger partial charge is 0.497 e. The van der Waals surface area contributed by atoms with Gasteiger partial charge in [0.25, 0.3) is 10.0 Å². The number of amides is 1. The van der Waals surface area contributed by atoms with Crippen LogP contribution in [-0.2, 0) is 14.8 Å². The summed E-state index contributed by atoms with van der Waals surface area (Å²) in [7, 11) is 0.608. The molecule has 3 aromatic rings. The second-order valence-electron chi connectivity index (χ2n) is 7.42. The number of nitrogens with zero attached hydrogens (tertiary/aromatic N) is 1. The first-order valence-electron chi connectivity index (χ1n) is 10.5. The van der Waals surface area contributed by atoms with Crippen LogP contribution >= 0.6 is 0 Å². The summed E-state index contributed by atoms with van der Waals surface area (Å²) >= 11 is 0. The number of ether oxygens (including phenoxy) is 3. The molecule has 0 fully saturated rings. The minimum atomic E-state index is -4.01. The number of methoxy groups -OCH3 is 3. The van der Waals surface area contributed by atoms with Crippen LogP contribution in [0, 0.1) is 0 Å². The van der Waals surface area contributed by atoms with E-state index in [1.807, 2.05) is 0 Å². The molecular weight excluding hydrogens is 456 g/mol. The summed E-state index contributed by atoms with van der Waals surface area (Å²) in [5.41, 5.74) is 1.04. The number of sulfonamides is 1. The molecule has 0 aliphatic carbocycles. The Bertz CT molecular complexity index is 1210. The maximum absolute atomic E-state index is 13.4. The number of anilines is 1. The minimum Gasteiger partial charge on any atom is -0.497 e. The molecule has 0 bridgehead atoms. The highest BCUT2D eigenvalue weighted by atomic mass is 32.2. The molecule has 34 heavy (non-hydrogen) atoms. The van der Waals surface area contributed by atoms with Crippen molar-refractivity contribution in [3.05, 3.63) is 78.4 Å². The topological polar surface area (TPSA) is 94.2 Å². The van der Waals surface area contributed by atoms with Gasteiger partial charge in [0.05, 0.1) is 38.0 Å². The van der Waals surface area contributed by atoms with Crippen molar-refractivity contribution in [1.82, 2.24) is 5.32 Å². The monoisotopic (exact) mass is 484 g/mol. The molecule has 1 amide bonds. The summed E-state index contributed by atoms with van der Waals surface area (Å²) < 4.78 is 43.8. The van der Waals surface area contributed by atoms with Gasteiger partial charge in [-0.05, 0) is 61.5 Å². The fraction of sp³-hybridized carbons (Fsp3) is 0.240. The first-order chi connectivity index (χ1) is 16.3. The molecule has 0 spiro atoms. The Morgan fingerprint density at radius 2 is 1.50 bits per heavy atom. The van der Waals surface area contributed by atoms with Crippen LogP contribution in [-0.4, -0.2) is 42.2 Å². The molecule has 0 aliphatic rings. The molecular formula is C25H28N2O6S. The Morgan fingerprint density at radius 3 is 2.09 bits per heavy atom. The molecule has 3 aromatic carbocycles. The molecule has 0 saturated carbocycles. The van der Waals surface area contributed by atoms with Gasteiger partial charge >= 0.3 is 0 Å². The molecule has 180 valence electrons. The maximum Gasteiger partial charge on any atom is 0.264 e. The van der Waals surface area contributed by atoms with E-state index in [0.717, 1.165) is 4.31 Å². The van der Waals surface area contributed by atoms with E-state index >= 15 is 0 Å². The zero-order chi connectivity index (χ0) is 24.7. The van der Waals surface area contributed by atoms with E-state index in [-0.39, 0.29) is 4.90 Å². The fourth-order valence-electron chi connectivity index (χ4n) is 3.46. The molecule has 1 atom stereocenters. The zero-order valence-electron chi connectivity index (χ0n) is 19.5. The van der Waals surface area contributed by atoms with E-state index in [2.05, 4.69) is 5.32 Å². The van der Waals surface area contributed by atoms with Gasteiger partial charge in [0.15, 0.2) is 0 Å². The van der Waals surface area contributed by atoms with Gasteiger partial charge in [-0.25, -0.2) is 8.42 Å². The van der Waals surface area contributed by atoms with Crippen molar-refractivity contribution in [3.63, 3.8) is 0 Å². The standard InChI is InChI=1S/C25H28N2O6S/c1-18(23-16-21(32-3)14-15-24(23)33-4)26-25(28)17-27(19-10-12-20(31-2)13-11-19)34(29,30)22-8-6-5-7-9-22/h5-16,18H,17H2,1-4H3,(H,26,28). The maximum atomic E-state index is 13.4. The van der Waals surface area contributed by atoms with Crippen LogP contribution in [0.1, 0.15) is 18.5 Å². The normalized spacial score (nSPS) is 11.9. The third kappa shape index (κ3) is 5.60. The fourth-order valence-corrected chi connectivity index (χ4v) is 4.90. The van der Waals surface area contributed by atoms with Crippen molar-refractivity contribution in [3.8, 4) is 17.2 Å². The molecule has 3 rings (SSSR count). The van der Waals surface area contributed by atoms with Crippen molar-refractivity contribution < 1.29 is 27.4 Å². The van der Waals surface area contributed by atoms with Crippen molar-refractivity contribution in [2.75, 3.05) is 32.2 Å². The number of nitrogens with one attached hydrogen (secondary N) is 1. The number of hydrogen-bond acceptors (Lipinski definition) is 6. The molecule has 0 aromatic heterocycles. The highest BCUT2D eigenvalue weighted by molar-refractivity contribution is 7.92. The smallest absolute Gasteiger partial charge is 0.264 e. The van der Waals surface area contributed by atoms with Crippen molar-refractivity contribution in [1.29, 1.82) is 0 Å². The van der Waals surface area contributed by atoms with Gasteiger partial charge in [0.2, 0.25) is 5.91 Å². The van der Waals surface area contributed by atoms with E-state index < -0.39 is 28.5 Å². The van der Waals surface area contributed by atoms with Crippen LogP contribution in [0.2, 0.25) is 0 Å². The lowest BCUT2D eigenvalue weighted by atomic mass is 10.1. The highest BCUT2D eigenvalue weighted by Crippen LogP contribution is 2.30. The Morgan fingerprint density at radius 1 is 0.882 bits per heavy atom. The van der Waals surface area contributed by atoms with Crippen LogP contribution in [0.15, 0.2) is 77.7 Å². The number of carbonyl (C=O) groups excluding carboxylic acids is 1. The minimum absolute atomic E-state index is 0.0844. The molecule has 0 radical (unpaired) electrons. The Hall–Kier alpha value is -3.72. The Kier molecular flexibility index (Phi) is 8.01. The van der Waals surface area contributed by atoms with Gasteiger partial charge in [-0.3, -0.25) is 9.10 Å². The van der Waals surface area contributed by atoms with E-state index in [0.29, 0.717) is 28.5 Å². The SMILES string of the molecule is COc1ccc(N(CC(=O)NC(C)c2cc(OC)ccc2OC)S(=O)(=O)c2ccccc2)cc1. The third-order valence-electron chi connectivity index (χ3n) is 5.26. The van der Waals surface area contributed by atoms with Crippen LogP contribution in [0.4, 0.5) is 5.69 Å². The molecule has 1 unspecified atom stereocenters. The lowest BCUT2D eigenvalue weighted by Crippen LogP contribution is -2.41. The second-order valence-corrected chi connectivity index (χ2v) is 9.28. The summed E-state index contributed by atoms with van der Waals surface area (Å²) in [5.74, 6) is 1.29. The zero-order valence-corrected chi connectivity index (χ0v) is 20.3. The summed E-state index contributed by atoms with van der Waals surface area (Å²) in [6.45, 7) is 1.37. The number of rotatable bonds is 10. The Balaban J connectivity index is 1.90. The summed E-state index contributed by atoms with van der Waals surface area (Å²) in [5, 5.41) is 2.86. The molecule has 1 N–H and O–H groups in total. The predicted molar refractivity (Wildman–Crippen MR) is 130 cm³/mol. The summed E-state index contributed by atoms with van der Waals surface area (Å²) in [4.78, 5) is 13.1. The molecule has 9 heteroatoms. The average Bonchev–Trinajstić information content (AvgIpc) is 2.87. The number of carbonyl (C=O) groups is 1. The molecule has 0 heterocycles. The van der Waals surface area contributed by atoms with Crippen LogP contribution in [0.5, 0.6) is 17.2 Å². The van der Waals surface area contributed by atoms with E-state index in [4.69, 9.17) is 14.2 Å². The van der Waals surface area contributed by atoms with Gasteiger partial charge < -0.3 is 19.5 Å². The Labute approximate surface area is 200 Å². The number of benzene rings is 3. The van der Waals surface area contributed by atoms with Crippen LogP contribution in [0.25, 0.3) is 0 Å². The van der Waals surface area contributed by atoms with Gasteiger partial charge in [-0.15, -0.1) is 0 Å². The molecule has 8 nitrogen and oxygen atoms in total. The van der Waals surface area contributed by atoms with E-state index in [1.54, 1.807) is 74.7 Å². The first-order valence-corrected chi connectivity index (χ1v) is 12.0. The van der Waals surface area contributed by atoms with Crippen LogP contribution < -0.4 is 23.8 Å². The predicted octanol–water partition coefficient (Wildman–Crippen LogP) is 3.79. The molecule has 0 saturated heterocycles. The lowest BCUT2D eigenvalue weighted by Gasteiger charge is -2.25. The van der Waals surface area contributed by atoms with Crippen molar-refractivity contribution in [2.24, 2.45) is 0 Å². The number of hydrogen-bond donors (Lipinski definition) is 1. The van der Waals surface area contributed by atoms with Gasteiger partial charge in [-0.1, -0.05) is 18.2 Å². The third-order valence-corrected chi connectivity index (χ3v) is 7.05.